The summed E-state index contributed by atoms with van der Waals surface area (Å²) in [6, 6.07) is 0. The standard InChI is InChI=1S/C8H15NO4/c1-2-3-4-5-6-9(7(10)11)8(12)13/h2-6H2,1H3,(H,10,11)(H,12,13). The predicted molar refractivity (Wildman–Crippen MR) is 46.9 cm³/mol. The van der Waals surface area contributed by atoms with Gasteiger partial charge in [0.2, 0.25) is 0 Å². The van der Waals surface area contributed by atoms with Crippen LogP contribution in [0.5, 0.6) is 0 Å². The second-order valence-electron chi connectivity index (χ2n) is 2.78. The van der Waals surface area contributed by atoms with Gasteiger partial charge in [0, 0.05) is 6.54 Å². The average molecular weight is 189 g/mol. The van der Waals surface area contributed by atoms with E-state index in [4.69, 9.17) is 10.2 Å². The number of hydrogen-bond acceptors (Lipinski definition) is 2. The second-order valence-corrected chi connectivity index (χ2v) is 2.78. The Morgan fingerprint density at radius 3 is 2.00 bits per heavy atom. The maximum atomic E-state index is 10.3. The summed E-state index contributed by atoms with van der Waals surface area (Å²) in [5.41, 5.74) is 0. The van der Waals surface area contributed by atoms with Crippen LogP contribution < -0.4 is 0 Å². The first-order valence-corrected chi connectivity index (χ1v) is 4.33. The normalized spacial score (nSPS) is 9.62. The molecule has 0 spiro atoms. The van der Waals surface area contributed by atoms with E-state index in [0.717, 1.165) is 19.3 Å². The van der Waals surface area contributed by atoms with Gasteiger partial charge in [-0.25, -0.2) is 14.5 Å². The van der Waals surface area contributed by atoms with Gasteiger partial charge in [-0.3, -0.25) is 0 Å². The van der Waals surface area contributed by atoms with Gasteiger partial charge in [0.15, 0.2) is 0 Å². The van der Waals surface area contributed by atoms with Crippen LogP contribution in [0.3, 0.4) is 0 Å². The van der Waals surface area contributed by atoms with E-state index in [-0.39, 0.29) is 6.54 Å². The van der Waals surface area contributed by atoms with Gasteiger partial charge in [-0.2, -0.15) is 0 Å². The Bertz CT molecular complexity index is 167. The number of unbranched alkanes of at least 4 members (excludes halogenated alkanes) is 3. The Labute approximate surface area is 77.0 Å². The van der Waals surface area contributed by atoms with Gasteiger partial charge in [-0.05, 0) is 6.42 Å². The molecule has 0 aromatic heterocycles. The fourth-order valence-electron chi connectivity index (χ4n) is 0.970. The molecular formula is C8H15NO4. The summed E-state index contributed by atoms with van der Waals surface area (Å²) in [6.07, 6.45) is 0.723. The number of carboxylic acid groups (broad SMARTS) is 2. The molecule has 0 fully saturated rings. The van der Waals surface area contributed by atoms with E-state index >= 15 is 0 Å². The van der Waals surface area contributed by atoms with Crippen LogP contribution in [-0.4, -0.2) is 33.8 Å². The Morgan fingerprint density at radius 2 is 1.62 bits per heavy atom. The zero-order valence-corrected chi connectivity index (χ0v) is 7.69. The van der Waals surface area contributed by atoms with Crippen molar-refractivity contribution in [3.05, 3.63) is 0 Å². The minimum Gasteiger partial charge on any atom is -0.465 e. The van der Waals surface area contributed by atoms with E-state index in [1.54, 1.807) is 0 Å². The highest BCUT2D eigenvalue weighted by molar-refractivity contribution is 5.85. The summed E-state index contributed by atoms with van der Waals surface area (Å²) in [5.74, 6) is 0. The summed E-state index contributed by atoms with van der Waals surface area (Å²) in [5, 5.41) is 16.9. The van der Waals surface area contributed by atoms with Crippen molar-refractivity contribution in [1.29, 1.82) is 0 Å². The minimum absolute atomic E-state index is 0.0741. The van der Waals surface area contributed by atoms with Crippen LogP contribution in [-0.2, 0) is 0 Å². The largest absolute Gasteiger partial charge is 0.465 e. The van der Waals surface area contributed by atoms with Crippen LogP contribution in [0.25, 0.3) is 0 Å². The zero-order valence-electron chi connectivity index (χ0n) is 7.69. The number of nitrogens with zero attached hydrogens (tertiary/aromatic N) is 1. The van der Waals surface area contributed by atoms with Crippen molar-refractivity contribution >= 4 is 12.2 Å². The predicted octanol–water partition coefficient (Wildman–Crippen LogP) is 2.22. The number of imide groups is 1. The highest BCUT2D eigenvalue weighted by Gasteiger charge is 2.18. The van der Waals surface area contributed by atoms with Crippen molar-refractivity contribution in [2.24, 2.45) is 0 Å². The lowest BCUT2D eigenvalue weighted by Crippen LogP contribution is -2.35. The topological polar surface area (TPSA) is 77.8 Å². The molecule has 0 rings (SSSR count). The van der Waals surface area contributed by atoms with E-state index in [0.29, 0.717) is 11.3 Å². The molecule has 13 heavy (non-hydrogen) atoms. The molecule has 76 valence electrons. The van der Waals surface area contributed by atoms with Crippen molar-refractivity contribution in [1.82, 2.24) is 4.90 Å². The first-order chi connectivity index (χ1) is 6.09. The lowest BCUT2D eigenvalue weighted by Gasteiger charge is -2.12. The molecule has 0 radical (unpaired) electrons. The third-order valence-electron chi connectivity index (χ3n) is 1.70. The minimum atomic E-state index is -1.40. The maximum absolute atomic E-state index is 10.3. The molecule has 0 aliphatic rings. The number of amides is 2. The van der Waals surface area contributed by atoms with Crippen molar-refractivity contribution in [2.75, 3.05) is 6.54 Å². The molecule has 0 unspecified atom stereocenters. The van der Waals surface area contributed by atoms with Crippen LogP contribution >= 0.6 is 0 Å². The SMILES string of the molecule is CCCCCCN(C(=O)O)C(=O)O. The summed E-state index contributed by atoms with van der Waals surface area (Å²) in [7, 11) is 0. The fourth-order valence-corrected chi connectivity index (χ4v) is 0.970. The van der Waals surface area contributed by atoms with Gasteiger partial charge >= 0.3 is 12.2 Å². The third-order valence-corrected chi connectivity index (χ3v) is 1.70. The monoisotopic (exact) mass is 189 g/mol. The molecule has 0 aromatic rings. The molecular weight excluding hydrogens is 174 g/mol. The molecule has 5 nitrogen and oxygen atoms in total. The smallest absolute Gasteiger partial charge is 0.416 e. The van der Waals surface area contributed by atoms with Crippen LogP contribution in [0.1, 0.15) is 32.6 Å². The molecule has 0 saturated heterocycles. The average Bonchev–Trinajstić information content (AvgIpc) is 2.02. The second kappa shape index (κ2) is 6.28. The van der Waals surface area contributed by atoms with Gasteiger partial charge in [0.05, 0.1) is 0 Å². The van der Waals surface area contributed by atoms with E-state index < -0.39 is 12.2 Å². The van der Waals surface area contributed by atoms with E-state index in [9.17, 15) is 9.59 Å². The Morgan fingerprint density at radius 1 is 1.08 bits per heavy atom. The molecule has 2 amide bonds. The Hall–Kier alpha value is -1.26. The highest BCUT2D eigenvalue weighted by Crippen LogP contribution is 2.01. The van der Waals surface area contributed by atoms with Crippen LogP contribution in [0.15, 0.2) is 0 Å². The molecule has 0 aliphatic heterocycles. The zero-order chi connectivity index (χ0) is 10.3. The van der Waals surface area contributed by atoms with Crippen LogP contribution in [0.4, 0.5) is 9.59 Å². The molecule has 0 bridgehead atoms. The summed E-state index contributed by atoms with van der Waals surface area (Å²) >= 11 is 0. The summed E-state index contributed by atoms with van der Waals surface area (Å²) in [4.78, 5) is 21.1. The summed E-state index contributed by atoms with van der Waals surface area (Å²) in [6.45, 7) is 2.11. The lowest BCUT2D eigenvalue weighted by molar-refractivity contribution is 0.122. The van der Waals surface area contributed by atoms with Crippen molar-refractivity contribution in [3.63, 3.8) is 0 Å². The Balaban J connectivity index is 3.71. The highest BCUT2D eigenvalue weighted by atomic mass is 16.4. The van der Waals surface area contributed by atoms with E-state index in [1.165, 1.54) is 0 Å². The van der Waals surface area contributed by atoms with Gasteiger partial charge < -0.3 is 10.2 Å². The van der Waals surface area contributed by atoms with Crippen LogP contribution in [0.2, 0.25) is 0 Å². The molecule has 0 aliphatic carbocycles. The number of rotatable bonds is 5. The van der Waals surface area contributed by atoms with Gasteiger partial charge in [0.25, 0.3) is 0 Å². The van der Waals surface area contributed by atoms with Crippen molar-refractivity contribution in [2.45, 2.75) is 32.6 Å². The molecule has 5 heteroatoms. The molecule has 0 aromatic carbocycles. The van der Waals surface area contributed by atoms with Crippen molar-refractivity contribution in [3.8, 4) is 0 Å². The fraction of sp³-hybridized carbons (Fsp3) is 0.750. The van der Waals surface area contributed by atoms with Crippen LogP contribution in [0, 0.1) is 0 Å². The first kappa shape index (κ1) is 11.7. The number of hydrogen-bond donors (Lipinski definition) is 2. The summed E-state index contributed by atoms with van der Waals surface area (Å²) < 4.78 is 0. The van der Waals surface area contributed by atoms with E-state index in [1.807, 2.05) is 6.92 Å². The van der Waals surface area contributed by atoms with E-state index in [2.05, 4.69) is 0 Å². The maximum Gasteiger partial charge on any atom is 0.416 e. The number of carbonyl (C=O) groups is 2. The quantitative estimate of drug-likeness (QED) is 0.650. The third kappa shape index (κ3) is 5.05. The lowest BCUT2D eigenvalue weighted by atomic mass is 10.2. The van der Waals surface area contributed by atoms with Gasteiger partial charge in [-0.15, -0.1) is 0 Å². The molecule has 0 heterocycles. The Kier molecular flexibility index (Phi) is 5.67. The van der Waals surface area contributed by atoms with Gasteiger partial charge in [-0.1, -0.05) is 26.2 Å². The van der Waals surface area contributed by atoms with Gasteiger partial charge in [0.1, 0.15) is 0 Å². The first-order valence-electron chi connectivity index (χ1n) is 4.33. The molecule has 0 atom stereocenters. The molecule has 2 N–H and O–H groups in total. The molecule has 0 saturated carbocycles. The van der Waals surface area contributed by atoms with Crippen molar-refractivity contribution < 1.29 is 19.8 Å².